The van der Waals surface area contributed by atoms with Gasteiger partial charge in [-0.15, -0.1) is 0 Å². The molecule has 32 heavy (non-hydrogen) atoms. The summed E-state index contributed by atoms with van der Waals surface area (Å²) in [5.41, 5.74) is 2.17. The molecular formula is C23H24N4O4S. The number of aromatic nitrogens is 2. The Balaban J connectivity index is 1.40. The maximum absolute atomic E-state index is 12.8. The van der Waals surface area contributed by atoms with Gasteiger partial charge in [-0.1, -0.05) is 18.2 Å². The number of benzene rings is 2. The van der Waals surface area contributed by atoms with E-state index in [2.05, 4.69) is 20.6 Å². The molecule has 1 aliphatic rings. The number of piperidine rings is 1. The Bertz CT molecular complexity index is 1200. The van der Waals surface area contributed by atoms with E-state index >= 15 is 0 Å². The summed E-state index contributed by atoms with van der Waals surface area (Å²) in [6, 6.07) is 11.2. The third-order valence-electron chi connectivity index (χ3n) is 5.30. The van der Waals surface area contributed by atoms with Crippen molar-refractivity contribution < 1.29 is 18.6 Å². The summed E-state index contributed by atoms with van der Waals surface area (Å²) < 4.78 is 25.6. The Morgan fingerprint density at radius 2 is 1.56 bits per heavy atom. The molecule has 2 aromatic carbocycles. The number of hydrogen-bond acceptors (Lipinski definition) is 8. The predicted octanol–water partition coefficient (Wildman–Crippen LogP) is 3.33. The van der Waals surface area contributed by atoms with Crippen LogP contribution in [0.4, 0.5) is 11.6 Å². The SMILES string of the molecule is O=S(=O)(c1ccc(Nc2ncc(C=Cc3ccc(O)c(O)c3)cn2)cc1)C1CCNCC1. The molecule has 0 amide bonds. The summed E-state index contributed by atoms with van der Waals surface area (Å²) in [5, 5.41) is 24.8. The second-order valence-corrected chi connectivity index (χ2v) is 9.79. The number of hydrogen-bond donors (Lipinski definition) is 4. The standard InChI is InChI=1S/C23H24N4O4S/c28-21-8-3-16(13-22(21)29)1-2-17-14-25-23(26-15-17)27-18-4-6-19(7-5-18)32(30,31)20-9-11-24-12-10-20/h1-8,13-15,20,24,28-29H,9-12H2,(H,25,26,27). The molecular weight excluding hydrogens is 428 g/mol. The highest BCUT2D eigenvalue weighted by molar-refractivity contribution is 7.92. The van der Waals surface area contributed by atoms with E-state index in [9.17, 15) is 18.6 Å². The van der Waals surface area contributed by atoms with Gasteiger partial charge in [-0.25, -0.2) is 18.4 Å². The topological polar surface area (TPSA) is 124 Å². The zero-order valence-corrected chi connectivity index (χ0v) is 18.1. The molecule has 9 heteroatoms. The number of anilines is 2. The van der Waals surface area contributed by atoms with Crippen LogP contribution in [0.25, 0.3) is 12.2 Å². The number of nitrogens with zero attached hydrogens (tertiary/aromatic N) is 2. The van der Waals surface area contributed by atoms with Gasteiger partial charge in [0.2, 0.25) is 5.95 Å². The van der Waals surface area contributed by atoms with Gasteiger partial charge >= 0.3 is 0 Å². The van der Waals surface area contributed by atoms with E-state index < -0.39 is 9.84 Å². The largest absolute Gasteiger partial charge is 0.504 e. The van der Waals surface area contributed by atoms with E-state index in [1.165, 1.54) is 12.1 Å². The molecule has 4 N–H and O–H groups in total. The molecule has 1 aliphatic heterocycles. The van der Waals surface area contributed by atoms with Crippen LogP contribution in [0.2, 0.25) is 0 Å². The molecule has 1 saturated heterocycles. The molecule has 0 atom stereocenters. The summed E-state index contributed by atoms with van der Waals surface area (Å²) in [6.45, 7) is 1.45. The minimum Gasteiger partial charge on any atom is -0.504 e. The lowest BCUT2D eigenvalue weighted by molar-refractivity contribution is 0.403. The first-order valence-corrected chi connectivity index (χ1v) is 11.8. The molecule has 0 unspecified atom stereocenters. The summed E-state index contributed by atoms with van der Waals surface area (Å²) in [4.78, 5) is 8.88. The first-order chi connectivity index (χ1) is 15.4. The fraction of sp³-hybridized carbons (Fsp3) is 0.217. The maximum atomic E-state index is 12.8. The first-order valence-electron chi connectivity index (χ1n) is 10.3. The van der Waals surface area contributed by atoms with Crippen molar-refractivity contribution in [1.82, 2.24) is 15.3 Å². The highest BCUT2D eigenvalue weighted by Gasteiger charge is 2.28. The van der Waals surface area contributed by atoms with E-state index in [0.717, 1.165) is 24.2 Å². The van der Waals surface area contributed by atoms with Crippen LogP contribution in [0.5, 0.6) is 11.5 Å². The van der Waals surface area contributed by atoms with E-state index in [1.807, 2.05) is 0 Å². The van der Waals surface area contributed by atoms with Crippen LogP contribution in [0, 0.1) is 0 Å². The number of aromatic hydroxyl groups is 2. The van der Waals surface area contributed by atoms with Crippen LogP contribution in [0.1, 0.15) is 24.0 Å². The van der Waals surface area contributed by atoms with Crippen molar-refractivity contribution >= 4 is 33.6 Å². The number of phenolic OH excluding ortho intramolecular Hbond substituents is 2. The number of phenols is 2. The Labute approximate surface area is 186 Å². The molecule has 3 aromatic rings. The van der Waals surface area contributed by atoms with E-state index in [0.29, 0.717) is 29.4 Å². The van der Waals surface area contributed by atoms with Crippen molar-refractivity contribution in [3.05, 3.63) is 66.0 Å². The van der Waals surface area contributed by atoms with Crippen LogP contribution >= 0.6 is 0 Å². The molecule has 8 nitrogen and oxygen atoms in total. The second kappa shape index (κ2) is 9.37. The molecule has 166 valence electrons. The van der Waals surface area contributed by atoms with Gasteiger partial charge in [-0.2, -0.15) is 0 Å². The van der Waals surface area contributed by atoms with Gasteiger partial charge in [0, 0.05) is 23.6 Å². The van der Waals surface area contributed by atoms with Crippen molar-refractivity contribution in [3.63, 3.8) is 0 Å². The van der Waals surface area contributed by atoms with Crippen molar-refractivity contribution in [2.24, 2.45) is 0 Å². The van der Waals surface area contributed by atoms with E-state index in [1.54, 1.807) is 54.9 Å². The number of sulfone groups is 1. The molecule has 4 rings (SSSR count). The zero-order valence-electron chi connectivity index (χ0n) is 17.3. The van der Waals surface area contributed by atoms with Gasteiger partial charge in [0.1, 0.15) is 0 Å². The van der Waals surface area contributed by atoms with Crippen LogP contribution in [-0.2, 0) is 9.84 Å². The van der Waals surface area contributed by atoms with Crippen LogP contribution in [-0.4, -0.2) is 46.9 Å². The Morgan fingerprint density at radius 1 is 0.906 bits per heavy atom. The Kier molecular flexibility index (Phi) is 6.38. The van der Waals surface area contributed by atoms with Gasteiger partial charge in [-0.05, 0) is 67.9 Å². The monoisotopic (exact) mass is 452 g/mol. The van der Waals surface area contributed by atoms with Crippen LogP contribution < -0.4 is 10.6 Å². The highest BCUT2D eigenvalue weighted by Crippen LogP contribution is 2.26. The van der Waals surface area contributed by atoms with Crippen LogP contribution in [0.3, 0.4) is 0 Å². The number of rotatable bonds is 6. The quantitative estimate of drug-likeness (QED) is 0.420. The minimum atomic E-state index is -3.33. The molecule has 0 spiro atoms. The number of nitrogens with one attached hydrogen (secondary N) is 2. The predicted molar refractivity (Wildman–Crippen MR) is 124 cm³/mol. The van der Waals surface area contributed by atoms with Crippen molar-refractivity contribution in [3.8, 4) is 11.5 Å². The third kappa shape index (κ3) is 5.06. The summed E-state index contributed by atoms with van der Waals surface area (Å²) in [6.07, 6.45) is 8.10. The first kappa shape index (κ1) is 21.8. The Morgan fingerprint density at radius 3 is 2.22 bits per heavy atom. The average molecular weight is 453 g/mol. The van der Waals surface area contributed by atoms with E-state index in [4.69, 9.17) is 0 Å². The third-order valence-corrected chi connectivity index (χ3v) is 7.58. The molecule has 1 fully saturated rings. The van der Waals surface area contributed by atoms with Gasteiger partial charge < -0.3 is 20.8 Å². The second-order valence-electron chi connectivity index (χ2n) is 7.57. The lowest BCUT2D eigenvalue weighted by Crippen LogP contribution is -2.35. The molecule has 1 aromatic heterocycles. The maximum Gasteiger partial charge on any atom is 0.227 e. The van der Waals surface area contributed by atoms with Crippen molar-refractivity contribution in [2.45, 2.75) is 23.0 Å². The fourth-order valence-electron chi connectivity index (χ4n) is 3.48. The van der Waals surface area contributed by atoms with Gasteiger partial charge in [0.25, 0.3) is 0 Å². The highest BCUT2D eigenvalue weighted by atomic mass is 32.2. The van der Waals surface area contributed by atoms with E-state index in [-0.39, 0.29) is 16.7 Å². The molecule has 0 bridgehead atoms. The molecule has 2 heterocycles. The fourth-order valence-corrected chi connectivity index (χ4v) is 5.24. The normalized spacial score (nSPS) is 15.1. The average Bonchev–Trinajstić information content (AvgIpc) is 2.82. The summed E-state index contributed by atoms with van der Waals surface area (Å²) >= 11 is 0. The van der Waals surface area contributed by atoms with Crippen molar-refractivity contribution in [1.29, 1.82) is 0 Å². The molecule has 0 radical (unpaired) electrons. The van der Waals surface area contributed by atoms with Gasteiger partial charge in [0.05, 0.1) is 10.1 Å². The summed E-state index contributed by atoms with van der Waals surface area (Å²) in [5.74, 6) is 0.0359. The zero-order chi connectivity index (χ0) is 22.6. The Hall–Kier alpha value is -3.43. The molecule has 0 saturated carbocycles. The smallest absolute Gasteiger partial charge is 0.227 e. The van der Waals surface area contributed by atoms with Crippen LogP contribution in [0.15, 0.2) is 59.8 Å². The van der Waals surface area contributed by atoms with Gasteiger partial charge in [-0.3, -0.25) is 0 Å². The lowest BCUT2D eigenvalue weighted by atomic mass is 10.1. The minimum absolute atomic E-state index is 0.169. The van der Waals surface area contributed by atoms with Crippen molar-refractivity contribution in [2.75, 3.05) is 18.4 Å². The lowest BCUT2D eigenvalue weighted by Gasteiger charge is -2.22. The summed E-state index contributed by atoms with van der Waals surface area (Å²) in [7, 11) is -3.33. The van der Waals surface area contributed by atoms with Gasteiger partial charge in [0.15, 0.2) is 21.3 Å². The molecule has 0 aliphatic carbocycles.